The van der Waals surface area contributed by atoms with E-state index in [-0.39, 0.29) is 6.10 Å². The van der Waals surface area contributed by atoms with E-state index < -0.39 is 0 Å². The van der Waals surface area contributed by atoms with Gasteiger partial charge in [-0.2, -0.15) is 5.10 Å². The number of nitrogens with one attached hydrogen (secondary N) is 2. The van der Waals surface area contributed by atoms with E-state index in [1.807, 2.05) is 62.0 Å². The Labute approximate surface area is 206 Å². The fraction of sp³-hybridized carbons (Fsp3) is 0.286. The van der Waals surface area contributed by atoms with E-state index in [9.17, 15) is 0 Å². The van der Waals surface area contributed by atoms with Crippen LogP contribution in [0, 0.1) is 0 Å². The topological polar surface area (TPSA) is 73.2 Å². The molecule has 1 atom stereocenters. The van der Waals surface area contributed by atoms with Crippen LogP contribution in [0.25, 0.3) is 11.1 Å². The van der Waals surface area contributed by atoms with E-state index >= 15 is 0 Å². The van der Waals surface area contributed by atoms with Gasteiger partial charge in [0, 0.05) is 43.5 Å². The summed E-state index contributed by atoms with van der Waals surface area (Å²) in [6, 6.07) is 20.6. The Balaban J connectivity index is 0.000000371. The van der Waals surface area contributed by atoms with Gasteiger partial charge in [0.1, 0.15) is 11.9 Å². The van der Waals surface area contributed by atoms with Crippen molar-refractivity contribution < 1.29 is 9.47 Å². The maximum atomic E-state index is 6.07. The van der Waals surface area contributed by atoms with Crippen molar-refractivity contribution in [2.75, 3.05) is 31.6 Å². The third-order valence-electron chi connectivity index (χ3n) is 6.07. The lowest BCUT2D eigenvalue weighted by atomic mass is 10.1. The monoisotopic (exact) mass is 469 g/mol. The third-order valence-corrected chi connectivity index (χ3v) is 6.07. The number of fused-ring (bicyclic) bond motifs is 2. The molecule has 0 radical (unpaired) electrons. The average Bonchev–Trinajstić information content (AvgIpc) is 3.56. The highest BCUT2D eigenvalue weighted by molar-refractivity contribution is 5.69. The van der Waals surface area contributed by atoms with Crippen molar-refractivity contribution in [3.8, 4) is 22.8 Å². The molecule has 2 N–H and O–H groups in total. The molecular weight excluding hydrogens is 438 g/mol. The molecule has 4 heterocycles. The second kappa shape index (κ2) is 11.1. The van der Waals surface area contributed by atoms with Crippen LogP contribution in [0.3, 0.4) is 0 Å². The van der Waals surface area contributed by atoms with Crippen LogP contribution in [0.1, 0.15) is 11.1 Å². The predicted octanol–water partition coefficient (Wildman–Crippen LogP) is 4.11. The van der Waals surface area contributed by atoms with Crippen LogP contribution in [0.15, 0.2) is 79.3 Å². The van der Waals surface area contributed by atoms with Crippen molar-refractivity contribution in [3.63, 3.8) is 0 Å². The van der Waals surface area contributed by atoms with E-state index in [0.717, 1.165) is 61.6 Å². The van der Waals surface area contributed by atoms with Gasteiger partial charge in [0.2, 0.25) is 5.88 Å². The van der Waals surface area contributed by atoms with Crippen LogP contribution in [0.4, 0.5) is 5.69 Å². The maximum absolute atomic E-state index is 6.07. The van der Waals surface area contributed by atoms with Crippen molar-refractivity contribution in [1.82, 2.24) is 20.1 Å². The molecule has 35 heavy (non-hydrogen) atoms. The third kappa shape index (κ3) is 6.00. The fourth-order valence-corrected chi connectivity index (χ4v) is 4.21. The van der Waals surface area contributed by atoms with Crippen molar-refractivity contribution in [2.45, 2.75) is 18.9 Å². The molecule has 0 amide bonds. The summed E-state index contributed by atoms with van der Waals surface area (Å²) in [4.78, 5) is 4.50. The van der Waals surface area contributed by atoms with Gasteiger partial charge in [-0.1, -0.05) is 48.5 Å². The predicted molar refractivity (Wildman–Crippen MR) is 138 cm³/mol. The summed E-state index contributed by atoms with van der Waals surface area (Å²) in [6.45, 7) is 3.27. The molecule has 2 aromatic heterocycles. The van der Waals surface area contributed by atoms with Gasteiger partial charge in [-0.3, -0.25) is 4.68 Å². The molecule has 0 aliphatic carbocycles. The molecule has 6 rings (SSSR count). The van der Waals surface area contributed by atoms with Crippen molar-refractivity contribution in [1.29, 1.82) is 0 Å². The number of anilines is 1. The highest BCUT2D eigenvalue weighted by Gasteiger charge is 2.21. The van der Waals surface area contributed by atoms with Gasteiger partial charge in [-0.15, -0.1) is 0 Å². The summed E-state index contributed by atoms with van der Waals surface area (Å²) in [7, 11) is 1.91. The van der Waals surface area contributed by atoms with E-state index in [2.05, 4.69) is 45.0 Å². The van der Waals surface area contributed by atoms with Crippen molar-refractivity contribution in [3.05, 3.63) is 90.4 Å². The van der Waals surface area contributed by atoms with Crippen LogP contribution in [-0.2, 0) is 19.9 Å². The highest BCUT2D eigenvalue weighted by Crippen LogP contribution is 2.31. The lowest BCUT2D eigenvalue weighted by Gasteiger charge is -2.27. The van der Waals surface area contributed by atoms with Crippen LogP contribution < -0.4 is 20.1 Å². The lowest BCUT2D eigenvalue weighted by molar-refractivity contribution is 0.194. The van der Waals surface area contributed by atoms with Gasteiger partial charge in [0.25, 0.3) is 0 Å². The molecule has 1 unspecified atom stereocenters. The molecule has 4 aromatic rings. The van der Waals surface area contributed by atoms with Crippen LogP contribution in [0.5, 0.6) is 11.6 Å². The van der Waals surface area contributed by atoms with Gasteiger partial charge < -0.3 is 20.1 Å². The number of pyridine rings is 1. The van der Waals surface area contributed by atoms with Crippen LogP contribution >= 0.6 is 0 Å². The second-order valence-corrected chi connectivity index (χ2v) is 8.75. The Morgan fingerprint density at radius 2 is 1.89 bits per heavy atom. The van der Waals surface area contributed by atoms with E-state index in [1.165, 1.54) is 11.1 Å². The lowest BCUT2D eigenvalue weighted by Crippen LogP contribution is -2.40. The maximum Gasteiger partial charge on any atom is 0.237 e. The summed E-state index contributed by atoms with van der Waals surface area (Å²) in [6.07, 6.45) is 7.74. The van der Waals surface area contributed by atoms with Gasteiger partial charge in [-0.05, 0) is 36.2 Å². The molecule has 2 aromatic carbocycles. The minimum absolute atomic E-state index is 0.0627. The molecule has 0 spiro atoms. The number of nitrogens with zero attached hydrogens (tertiary/aromatic N) is 3. The largest absolute Gasteiger partial charge is 0.493 e. The first-order valence-electron chi connectivity index (χ1n) is 12.1. The van der Waals surface area contributed by atoms with Crippen LogP contribution in [-0.4, -0.2) is 47.1 Å². The Kier molecular flexibility index (Phi) is 7.24. The molecule has 2 aliphatic heterocycles. The van der Waals surface area contributed by atoms with Gasteiger partial charge in [-0.25, -0.2) is 4.98 Å². The standard InChI is InChI=1S/C22H25N5O2.C6H6/c1-27-14-18(11-26-27)17-9-20-22(25-10-17)29-19(13-24-20)12-23-6-4-15-2-3-21-16(8-15)5-7-28-21;1-2-4-6-5-3-1/h2-3,8-11,14,19,23-24H,4-7,12-13H2,1H3;1-6H. The average molecular weight is 470 g/mol. The number of hydrogen-bond donors (Lipinski definition) is 2. The fourth-order valence-electron chi connectivity index (χ4n) is 4.21. The van der Waals surface area contributed by atoms with Crippen LogP contribution in [0.2, 0.25) is 0 Å². The number of benzene rings is 2. The van der Waals surface area contributed by atoms with E-state index in [4.69, 9.17) is 9.47 Å². The molecule has 0 saturated heterocycles. The smallest absolute Gasteiger partial charge is 0.237 e. The normalized spacial score (nSPS) is 15.5. The number of aryl methyl sites for hydroxylation is 1. The summed E-state index contributed by atoms with van der Waals surface area (Å²) in [5.74, 6) is 1.70. The molecule has 7 nitrogen and oxygen atoms in total. The van der Waals surface area contributed by atoms with Gasteiger partial charge in [0.05, 0.1) is 25.0 Å². The van der Waals surface area contributed by atoms with Crippen molar-refractivity contribution in [2.24, 2.45) is 7.05 Å². The quantitative estimate of drug-likeness (QED) is 0.414. The molecular formula is C28H31N5O2. The molecule has 7 heteroatoms. The number of ether oxygens (including phenoxy) is 2. The Morgan fingerprint density at radius 3 is 2.66 bits per heavy atom. The molecule has 0 bridgehead atoms. The van der Waals surface area contributed by atoms with E-state index in [1.54, 1.807) is 4.68 Å². The first-order chi connectivity index (χ1) is 17.2. The first-order valence-corrected chi connectivity index (χ1v) is 12.1. The highest BCUT2D eigenvalue weighted by atomic mass is 16.5. The van der Waals surface area contributed by atoms with Gasteiger partial charge in [0.15, 0.2) is 0 Å². The first kappa shape index (κ1) is 22.9. The Bertz CT molecular complexity index is 1210. The Hall–Kier alpha value is -3.84. The minimum Gasteiger partial charge on any atom is -0.493 e. The molecule has 2 aliphatic rings. The summed E-state index contributed by atoms with van der Waals surface area (Å²) in [5, 5.41) is 11.2. The molecule has 0 fully saturated rings. The number of hydrogen-bond acceptors (Lipinski definition) is 6. The summed E-state index contributed by atoms with van der Waals surface area (Å²) < 4.78 is 13.4. The molecule has 0 saturated carbocycles. The number of rotatable bonds is 6. The zero-order chi connectivity index (χ0) is 23.9. The zero-order valence-corrected chi connectivity index (χ0v) is 20.0. The molecule has 180 valence electrons. The van der Waals surface area contributed by atoms with Crippen molar-refractivity contribution >= 4 is 5.69 Å². The van der Waals surface area contributed by atoms with Gasteiger partial charge >= 0.3 is 0 Å². The number of aromatic nitrogens is 3. The Morgan fingerprint density at radius 1 is 1.06 bits per heavy atom. The summed E-state index contributed by atoms with van der Waals surface area (Å²) in [5.41, 5.74) is 5.69. The minimum atomic E-state index is 0.0627. The SMILES string of the molecule is Cn1cc(-c2cnc3c(c2)NCC(CNCCc2ccc4c(c2)CCO4)O3)cn1.c1ccccc1. The van der Waals surface area contributed by atoms with E-state index in [0.29, 0.717) is 5.88 Å². The zero-order valence-electron chi connectivity index (χ0n) is 20.0. The second-order valence-electron chi connectivity index (χ2n) is 8.75. The summed E-state index contributed by atoms with van der Waals surface area (Å²) >= 11 is 0.